The Morgan fingerprint density at radius 1 is 0.522 bits per heavy atom. The van der Waals surface area contributed by atoms with Crippen LogP contribution in [0.1, 0.15) is 11.1 Å². The summed E-state index contributed by atoms with van der Waals surface area (Å²) >= 11 is 0. The highest BCUT2D eigenvalue weighted by atomic mass is 14.2. The van der Waals surface area contributed by atoms with Gasteiger partial charge in [-0.3, -0.25) is 0 Å². The lowest BCUT2D eigenvalue weighted by atomic mass is 9.85. The molecule has 0 saturated heterocycles. The fourth-order valence-corrected chi connectivity index (χ4v) is 4.53. The molecule has 0 aromatic heterocycles. The molecule has 23 heavy (non-hydrogen) atoms. The summed E-state index contributed by atoms with van der Waals surface area (Å²) in [6.07, 6.45) is 5.66. The van der Waals surface area contributed by atoms with Gasteiger partial charge < -0.3 is 0 Å². The van der Waals surface area contributed by atoms with E-state index in [1.165, 1.54) is 54.2 Å². The summed E-state index contributed by atoms with van der Waals surface area (Å²) < 4.78 is 0. The quantitative estimate of drug-likeness (QED) is 0.232. The van der Waals surface area contributed by atoms with Crippen molar-refractivity contribution in [3.8, 4) is 0 Å². The molecule has 0 bridgehead atoms. The molecule has 0 fully saturated rings. The minimum Gasteiger partial charge on any atom is -0.0795 e. The normalized spacial score (nSPS) is 13.7. The van der Waals surface area contributed by atoms with Crippen molar-refractivity contribution >= 4 is 49.2 Å². The third kappa shape index (κ3) is 1.29. The molecule has 6 rings (SSSR count). The molecular weight excluding hydrogens is 276 g/mol. The molecule has 1 aliphatic carbocycles. The van der Waals surface area contributed by atoms with Gasteiger partial charge in [-0.2, -0.15) is 0 Å². The van der Waals surface area contributed by atoms with Crippen molar-refractivity contribution in [2.75, 3.05) is 0 Å². The molecule has 0 amide bonds. The van der Waals surface area contributed by atoms with Crippen LogP contribution in [0.4, 0.5) is 0 Å². The first-order chi connectivity index (χ1) is 11.4. The van der Waals surface area contributed by atoms with Crippen LogP contribution in [0.25, 0.3) is 49.2 Å². The van der Waals surface area contributed by atoms with Crippen LogP contribution in [0, 0.1) is 0 Å². The summed E-state index contributed by atoms with van der Waals surface area (Å²) in [5, 5.41) is 11.2. The molecule has 5 aromatic carbocycles. The molecule has 0 heteroatoms. The fraction of sp³-hybridized carbons (Fsp3) is 0.0435. The summed E-state index contributed by atoms with van der Waals surface area (Å²) in [6, 6.07) is 22.4. The molecule has 5 aromatic rings. The Morgan fingerprint density at radius 3 is 1.83 bits per heavy atom. The second-order valence-corrected chi connectivity index (χ2v) is 6.50. The Kier molecular flexibility index (Phi) is 1.98. The van der Waals surface area contributed by atoms with Gasteiger partial charge in [0.05, 0.1) is 0 Å². The molecule has 0 N–H and O–H groups in total. The van der Waals surface area contributed by atoms with E-state index in [1.807, 2.05) is 0 Å². The lowest BCUT2D eigenvalue weighted by Gasteiger charge is -2.18. The largest absolute Gasteiger partial charge is 0.0795 e. The standard InChI is InChI=1S/C23H14/c1-2-7-15-14(6-1)18-10-4-12-20-16-8-3-9-17(16)21-13-5-11-19(15)23(21)22(18)20/h1-8,10-13H,9H2. The van der Waals surface area contributed by atoms with Gasteiger partial charge in [0.15, 0.2) is 0 Å². The predicted molar refractivity (Wildman–Crippen MR) is 100 cm³/mol. The van der Waals surface area contributed by atoms with Crippen molar-refractivity contribution in [3.63, 3.8) is 0 Å². The molecule has 0 saturated carbocycles. The summed E-state index contributed by atoms with van der Waals surface area (Å²) in [7, 11) is 0. The molecule has 0 aliphatic heterocycles. The lowest BCUT2D eigenvalue weighted by molar-refractivity contribution is 1.36. The average Bonchev–Trinajstić information content (AvgIpc) is 3.11. The van der Waals surface area contributed by atoms with Gasteiger partial charge in [0, 0.05) is 0 Å². The SMILES string of the molecule is C1=Cc2c(c3cccc4c5ccccc5c5cccc2c5c34)C1. The van der Waals surface area contributed by atoms with Gasteiger partial charge in [-0.15, -0.1) is 0 Å². The Bertz CT molecular complexity index is 1270. The van der Waals surface area contributed by atoms with E-state index in [-0.39, 0.29) is 0 Å². The number of fused-ring (bicyclic) bond motifs is 6. The maximum atomic E-state index is 2.31. The Labute approximate surface area is 134 Å². The van der Waals surface area contributed by atoms with Gasteiger partial charge in [0.1, 0.15) is 0 Å². The van der Waals surface area contributed by atoms with E-state index in [9.17, 15) is 0 Å². The van der Waals surface area contributed by atoms with Gasteiger partial charge in [-0.1, -0.05) is 72.8 Å². The summed E-state index contributed by atoms with van der Waals surface area (Å²) in [5.74, 6) is 0. The van der Waals surface area contributed by atoms with E-state index in [2.05, 4.69) is 72.8 Å². The monoisotopic (exact) mass is 290 g/mol. The second-order valence-electron chi connectivity index (χ2n) is 6.50. The third-order valence-electron chi connectivity index (χ3n) is 5.43. The van der Waals surface area contributed by atoms with Crippen LogP contribution in [0.3, 0.4) is 0 Å². The molecule has 106 valence electrons. The maximum Gasteiger partial charge on any atom is -0.00141 e. The van der Waals surface area contributed by atoms with Gasteiger partial charge in [-0.05, 0) is 60.6 Å². The number of rotatable bonds is 0. The van der Waals surface area contributed by atoms with Crippen LogP contribution < -0.4 is 0 Å². The second kappa shape index (κ2) is 3.91. The van der Waals surface area contributed by atoms with Crippen molar-refractivity contribution in [3.05, 3.63) is 77.9 Å². The van der Waals surface area contributed by atoms with Crippen molar-refractivity contribution in [2.45, 2.75) is 6.42 Å². The topological polar surface area (TPSA) is 0 Å². The van der Waals surface area contributed by atoms with Crippen LogP contribution in [-0.4, -0.2) is 0 Å². The van der Waals surface area contributed by atoms with Gasteiger partial charge in [0.25, 0.3) is 0 Å². The van der Waals surface area contributed by atoms with Crippen molar-refractivity contribution in [1.29, 1.82) is 0 Å². The Morgan fingerprint density at radius 2 is 1.09 bits per heavy atom. The number of hydrogen-bond acceptors (Lipinski definition) is 0. The number of allylic oxidation sites excluding steroid dienone is 1. The van der Waals surface area contributed by atoms with Crippen LogP contribution in [0.15, 0.2) is 66.7 Å². The van der Waals surface area contributed by atoms with Gasteiger partial charge >= 0.3 is 0 Å². The smallest absolute Gasteiger partial charge is 0.00141 e. The molecule has 0 radical (unpaired) electrons. The number of benzene rings is 5. The molecule has 0 nitrogen and oxygen atoms in total. The first-order valence-electron chi connectivity index (χ1n) is 8.20. The average molecular weight is 290 g/mol. The first kappa shape index (κ1) is 11.7. The fourth-order valence-electron chi connectivity index (χ4n) is 4.53. The highest BCUT2D eigenvalue weighted by Crippen LogP contribution is 2.45. The minimum atomic E-state index is 1.05. The van der Waals surface area contributed by atoms with E-state index >= 15 is 0 Å². The zero-order chi connectivity index (χ0) is 15.0. The van der Waals surface area contributed by atoms with E-state index in [0.29, 0.717) is 0 Å². The summed E-state index contributed by atoms with van der Waals surface area (Å²) in [4.78, 5) is 0. The molecule has 1 aliphatic rings. The van der Waals surface area contributed by atoms with E-state index in [4.69, 9.17) is 0 Å². The molecule has 0 atom stereocenters. The minimum absolute atomic E-state index is 1.05. The highest BCUT2D eigenvalue weighted by molar-refractivity contribution is 6.35. The first-order valence-corrected chi connectivity index (χ1v) is 8.20. The van der Waals surface area contributed by atoms with Crippen molar-refractivity contribution in [1.82, 2.24) is 0 Å². The van der Waals surface area contributed by atoms with Crippen molar-refractivity contribution in [2.24, 2.45) is 0 Å². The number of hydrogen-bond donors (Lipinski definition) is 0. The Hall–Kier alpha value is -2.86. The maximum absolute atomic E-state index is 2.31. The van der Waals surface area contributed by atoms with E-state index in [1.54, 1.807) is 0 Å². The molecule has 0 unspecified atom stereocenters. The summed E-state index contributed by atoms with van der Waals surface area (Å²) in [5.41, 5.74) is 2.91. The highest BCUT2D eigenvalue weighted by Gasteiger charge is 2.19. The third-order valence-corrected chi connectivity index (χ3v) is 5.43. The van der Waals surface area contributed by atoms with Crippen LogP contribution in [0.5, 0.6) is 0 Å². The zero-order valence-electron chi connectivity index (χ0n) is 12.6. The van der Waals surface area contributed by atoms with Crippen LogP contribution >= 0.6 is 0 Å². The van der Waals surface area contributed by atoms with Gasteiger partial charge in [0.2, 0.25) is 0 Å². The molecule has 0 spiro atoms. The molecular formula is C23H14. The van der Waals surface area contributed by atoms with Gasteiger partial charge in [-0.25, -0.2) is 0 Å². The predicted octanol–water partition coefficient (Wildman–Crippen LogP) is 6.31. The van der Waals surface area contributed by atoms with E-state index in [0.717, 1.165) is 6.42 Å². The van der Waals surface area contributed by atoms with E-state index < -0.39 is 0 Å². The van der Waals surface area contributed by atoms with Crippen molar-refractivity contribution < 1.29 is 0 Å². The van der Waals surface area contributed by atoms with Crippen LogP contribution in [-0.2, 0) is 6.42 Å². The Balaban J connectivity index is 2.12. The summed E-state index contributed by atoms with van der Waals surface area (Å²) in [6.45, 7) is 0. The van der Waals surface area contributed by atoms with Crippen LogP contribution in [0.2, 0.25) is 0 Å². The zero-order valence-corrected chi connectivity index (χ0v) is 12.6. The molecule has 0 heterocycles. The lowest BCUT2D eigenvalue weighted by Crippen LogP contribution is -1.92.